The zero-order valence-corrected chi connectivity index (χ0v) is 19.5. The summed E-state index contributed by atoms with van der Waals surface area (Å²) < 4.78 is 1.09. The normalized spacial score (nSPS) is 39.0. The Kier molecular flexibility index (Phi) is 4.79. The van der Waals surface area contributed by atoms with Crippen molar-refractivity contribution in [2.45, 2.75) is 43.7 Å². The fraction of sp³-hybridized carbons (Fsp3) is 0.700. The molecule has 12 heteroatoms. The lowest BCUT2D eigenvalue weighted by molar-refractivity contribution is 0.0935. The topological polar surface area (TPSA) is 150 Å². The second kappa shape index (κ2) is 7.47. The van der Waals surface area contributed by atoms with E-state index >= 15 is 0 Å². The highest BCUT2D eigenvalue weighted by molar-refractivity contribution is 8.22. The molecule has 0 amide bonds. The second-order valence-electron chi connectivity index (χ2n) is 9.71. The molecule has 0 aromatic carbocycles. The minimum absolute atomic E-state index is 0.0287. The van der Waals surface area contributed by atoms with E-state index in [1.54, 1.807) is 23.5 Å². The maximum absolute atomic E-state index is 8.78. The highest BCUT2D eigenvalue weighted by Gasteiger charge is 2.58. The average molecular weight is 475 g/mol. The Balaban J connectivity index is 1.37. The van der Waals surface area contributed by atoms with Crippen LogP contribution in [0.4, 0.5) is 0 Å². The van der Waals surface area contributed by atoms with Gasteiger partial charge in [-0.05, 0) is 49.9 Å². The molecule has 3 heterocycles. The van der Waals surface area contributed by atoms with Crippen LogP contribution in [0.5, 0.6) is 0 Å². The van der Waals surface area contributed by atoms with Crippen molar-refractivity contribution in [1.82, 2.24) is 31.1 Å². The van der Waals surface area contributed by atoms with E-state index in [0.29, 0.717) is 24.9 Å². The van der Waals surface area contributed by atoms with E-state index in [-0.39, 0.29) is 35.4 Å². The predicted molar refractivity (Wildman–Crippen MR) is 129 cm³/mol. The van der Waals surface area contributed by atoms with Gasteiger partial charge in [-0.2, -0.15) is 0 Å². The molecular formula is C20H30N10S2. The molecule has 6 aliphatic rings. The second-order valence-corrected chi connectivity index (χ2v) is 12.2. The first kappa shape index (κ1) is 20.5. The lowest BCUT2D eigenvalue weighted by Gasteiger charge is -2.51. The number of fused-ring (bicyclic) bond motifs is 2. The lowest BCUT2D eigenvalue weighted by Crippen LogP contribution is -2.69. The van der Waals surface area contributed by atoms with Crippen molar-refractivity contribution in [2.75, 3.05) is 24.6 Å². The van der Waals surface area contributed by atoms with Gasteiger partial charge in [-0.1, -0.05) is 0 Å². The van der Waals surface area contributed by atoms with Gasteiger partial charge in [0.1, 0.15) is 5.82 Å². The Labute approximate surface area is 196 Å². The van der Waals surface area contributed by atoms with E-state index in [9.17, 15) is 0 Å². The number of hydrogen-bond acceptors (Lipinski definition) is 6. The molecule has 10 nitrogen and oxygen atoms in total. The highest BCUT2D eigenvalue weighted by Crippen LogP contribution is 2.56. The average Bonchev–Trinajstić information content (AvgIpc) is 3.07. The Morgan fingerprint density at radius 1 is 0.844 bits per heavy atom. The van der Waals surface area contributed by atoms with Crippen molar-refractivity contribution in [3.05, 3.63) is 10.1 Å². The van der Waals surface area contributed by atoms with Gasteiger partial charge in [0, 0.05) is 24.6 Å². The smallest absolute Gasteiger partial charge is 0.203 e. The van der Waals surface area contributed by atoms with Crippen LogP contribution < -0.4 is 21.3 Å². The maximum atomic E-state index is 8.78. The number of guanidine groups is 4. The number of nitrogens with one attached hydrogen (secondary N) is 8. The number of hydrogen-bond donors (Lipinski definition) is 8. The zero-order valence-electron chi connectivity index (χ0n) is 17.9. The summed E-state index contributed by atoms with van der Waals surface area (Å²) in [6.45, 7) is 1.28. The van der Waals surface area contributed by atoms with Crippen molar-refractivity contribution in [3.8, 4) is 0 Å². The summed E-state index contributed by atoms with van der Waals surface area (Å²) in [6.07, 6.45) is 5.46. The summed E-state index contributed by atoms with van der Waals surface area (Å²) >= 11 is 3.51. The molecule has 0 aromatic heterocycles. The Hall–Kier alpha value is -2.08. The Bertz CT molecular complexity index is 929. The van der Waals surface area contributed by atoms with Crippen molar-refractivity contribution >= 4 is 47.4 Å². The van der Waals surface area contributed by atoms with E-state index in [4.69, 9.17) is 21.6 Å². The van der Waals surface area contributed by atoms with Crippen LogP contribution in [0, 0.1) is 39.4 Å². The molecule has 1 spiro atoms. The standard InChI is InChI=1S/C20H30N10S2/c21-16-25-13-11-7-10-1-2-20(13,9-12(10)8-11)28-17(22)27-19(24)30-4-6-32-15-14(30)29(3-5-31-15)18(23)26-16/h10-13H,1-9H2,(H4,21,23,25,26)(H4,22,24,27,28). The summed E-state index contributed by atoms with van der Waals surface area (Å²) in [5.41, 5.74) is -0.305. The fourth-order valence-corrected chi connectivity index (χ4v) is 9.27. The third kappa shape index (κ3) is 3.17. The molecule has 3 saturated carbocycles. The van der Waals surface area contributed by atoms with Gasteiger partial charge in [0.2, 0.25) is 11.9 Å². The summed E-state index contributed by atoms with van der Waals surface area (Å²) in [5, 5.41) is 47.9. The van der Waals surface area contributed by atoms with Crippen LogP contribution in [0.15, 0.2) is 10.1 Å². The molecule has 6 rings (SSSR count). The summed E-state index contributed by atoms with van der Waals surface area (Å²) in [7, 11) is 0. The van der Waals surface area contributed by atoms with Crippen molar-refractivity contribution < 1.29 is 0 Å². The van der Waals surface area contributed by atoms with Crippen LogP contribution in [0.2, 0.25) is 0 Å². The van der Waals surface area contributed by atoms with Crippen LogP contribution in [-0.4, -0.2) is 69.8 Å². The molecule has 3 aliphatic carbocycles. The van der Waals surface area contributed by atoms with E-state index < -0.39 is 0 Å². The molecule has 8 N–H and O–H groups in total. The van der Waals surface area contributed by atoms with Gasteiger partial charge in [-0.25, -0.2) is 0 Å². The zero-order chi connectivity index (χ0) is 22.0. The predicted octanol–water partition coefficient (Wildman–Crippen LogP) is 1.27. The molecule has 1 saturated heterocycles. The van der Waals surface area contributed by atoms with Gasteiger partial charge < -0.3 is 10.6 Å². The van der Waals surface area contributed by atoms with Crippen LogP contribution in [0.25, 0.3) is 0 Å². The van der Waals surface area contributed by atoms with Crippen LogP contribution in [0.3, 0.4) is 0 Å². The largest absolute Gasteiger partial charge is 0.351 e. The van der Waals surface area contributed by atoms with Crippen LogP contribution in [0.1, 0.15) is 32.1 Å². The lowest BCUT2D eigenvalue weighted by atomic mass is 9.64. The molecule has 5 unspecified atom stereocenters. The van der Waals surface area contributed by atoms with E-state index in [0.717, 1.165) is 46.7 Å². The van der Waals surface area contributed by atoms with Gasteiger partial charge in [0.25, 0.3) is 0 Å². The van der Waals surface area contributed by atoms with Gasteiger partial charge in [-0.3, -0.25) is 42.1 Å². The molecule has 32 heavy (non-hydrogen) atoms. The summed E-state index contributed by atoms with van der Waals surface area (Å²) in [4.78, 5) is 3.74. The minimum Gasteiger partial charge on any atom is -0.351 e. The summed E-state index contributed by atoms with van der Waals surface area (Å²) in [5.74, 6) is 5.07. The molecule has 3 aliphatic heterocycles. The quantitative estimate of drug-likeness (QED) is 0.262. The first-order chi connectivity index (χ1) is 15.4. The highest BCUT2D eigenvalue weighted by atomic mass is 32.2. The van der Waals surface area contributed by atoms with E-state index in [1.807, 2.05) is 9.80 Å². The Morgan fingerprint density at radius 2 is 1.50 bits per heavy atom. The molecule has 3 bridgehead atoms. The molecule has 0 radical (unpaired) electrons. The Morgan fingerprint density at radius 3 is 2.22 bits per heavy atom. The number of nitrogens with zero attached hydrogens (tertiary/aromatic N) is 2. The SMILES string of the molecule is N=C1NC(=N)N2CCSC3=C2N(CCS3)C(=N)NC(=N)NC23CCC4CC(CC4C2)C3N1. The van der Waals surface area contributed by atoms with Gasteiger partial charge in [0.15, 0.2) is 11.9 Å². The van der Waals surface area contributed by atoms with Gasteiger partial charge >= 0.3 is 0 Å². The van der Waals surface area contributed by atoms with Crippen LogP contribution in [-0.2, 0) is 0 Å². The molecule has 4 fully saturated rings. The number of rotatable bonds is 0. The fourth-order valence-electron chi connectivity index (χ4n) is 6.82. The van der Waals surface area contributed by atoms with Crippen LogP contribution >= 0.6 is 23.5 Å². The molecule has 5 atom stereocenters. The van der Waals surface area contributed by atoms with Crippen molar-refractivity contribution in [1.29, 1.82) is 21.6 Å². The first-order valence-corrected chi connectivity index (χ1v) is 13.4. The third-order valence-electron chi connectivity index (χ3n) is 8.02. The summed E-state index contributed by atoms with van der Waals surface area (Å²) in [6, 6.07) is 0.0287. The maximum Gasteiger partial charge on any atom is 0.203 e. The molecular weight excluding hydrogens is 444 g/mol. The van der Waals surface area contributed by atoms with Gasteiger partial charge in [-0.15, -0.1) is 23.5 Å². The van der Waals surface area contributed by atoms with Crippen molar-refractivity contribution in [3.63, 3.8) is 0 Å². The first-order valence-electron chi connectivity index (χ1n) is 11.4. The van der Waals surface area contributed by atoms with Crippen molar-refractivity contribution in [2.24, 2.45) is 17.8 Å². The van der Waals surface area contributed by atoms with E-state index in [1.165, 1.54) is 12.8 Å². The minimum atomic E-state index is -0.305. The molecule has 0 aromatic rings. The van der Waals surface area contributed by atoms with Gasteiger partial charge in [0.05, 0.1) is 15.8 Å². The third-order valence-corrected chi connectivity index (χ3v) is 10.4. The molecule has 172 valence electrons. The number of thioether (sulfide) groups is 2. The van der Waals surface area contributed by atoms with E-state index in [2.05, 4.69) is 21.3 Å². The monoisotopic (exact) mass is 474 g/mol.